The van der Waals surface area contributed by atoms with Crippen LogP contribution in [-0.4, -0.2) is 12.6 Å². The lowest BCUT2D eigenvalue weighted by molar-refractivity contribution is 0.369. The van der Waals surface area contributed by atoms with E-state index in [2.05, 4.69) is 70.3 Å². The lowest BCUT2D eigenvalue weighted by Crippen LogP contribution is -2.43. The molecule has 144 valence electrons. The van der Waals surface area contributed by atoms with Crippen LogP contribution in [-0.2, 0) is 0 Å². The van der Waals surface area contributed by atoms with Crippen molar-refractivity contribution in [1.29, 1.82) is 0 Å². The Hall–Kier alpha value is -1.34. The molecule has 0 aromatic rings. The van der Waals surface area contributed by atoms with E-state index < -0.39 is 0 Å². The van der Waals surface area contributed by atoms with Crippen LogP contribution in [0.1, 0.15) is 79.6 Å². The van der Waals surface area contributed by atoms with Crippen LogP contribution in [0.3, 0.4) is 0 Å². The minimum Gasteiger partial charge on any atom is -0.314 e. The van der Waals surface area contributed by atoms with Gasteiger partial charge >= 0.3 is 0 Å². The van der Waals surface area contributed by atoms with E-state index in [1.165, 1.54) is 43.4 Å². The first-order chi connectivity index (χ1) is 12.6. The predicted molar refractivity (Wildman–Crippen MR) is 116 cm³/mol. The van der Waals surface area contributed by atoms with E-state index in [9.17, 15) is 0 Å². The molecule has 1 heterocycles. The van der Waals surface area contributed by atoms with Gasteiger partial charge in [0, 0.05) is 6.04 Å². The average Bonchev–Trinajstić information content (AvgIpc) is 2.58. The smallest absolute Gasteiger partial charge is 0.0120 e. The molecule has 2 unspecified atom stereocenters. The Morgan fingerprint density at radius 2 is 2.12 bits per heavy atom. The monoisotopic (exact) mass is 353 g/mol. The minimum atomic E-state index is 0.665. The first kappa shape index (κ1) is 21.0. The van der Waals surface area contributed by atoms with Gasteiger partial charge in [-0.05, 0) is 81.6 Å². The zero-order valence-corrected chi connectivity index (χ0v) is 17.7. The van der Waals surface area contributed by atoms with Crippen LogP contribution >= 0.6 is 0 Å². The maximum atomic E-state index is 3.59. The molecule has 26 heavy (non-hydrogen) atoms. The van der Waals surface area contributed by atoms with Crippen molar-refractivity contribution < 1.29 is 0 Å². The number of hydrogen-bond acceptors (Lipinski definition) is 1. The second-order valence-corrected chi connectivity index (χ2v) is 8.08. The zero-order valence-electron chi connectivity index (χ0n) is 17.7. The van der Waals surface area contributed by atoms with Gasteiger partial charge in [0.1, 0.15) is 0 Å². The second kappa shape index (κ2) is 10.7. The summed E-state index contributed by atoms with van der Waals surface area (Å²) < 4.78 is 0. The molecular weight excluding hydrogens is 314 g/mol. The van der Waals surface area contributed by atoms with Crippen molar-refractivity contribution in [3.05, 3.63) is 58.2 Å². The molecule has 0 radical (unpaired) electrons. The molecule has 0 bridgehead atoms. The number of hydrogen-bond donors (Lipinski definition) is 1. The number of allylic oxidation sites excluding steroid dienone is 9. The van der Waals surface area contributed by atoms with E-state index >= 15 is 0 Å². The summed E-state index contributed by atoms with van der Waals surface area (Å²) in [6, 6.07) is 0.665. The molecule has 1 heteroatoms. The molecule has 0 spiro atoms. The second-order valence-electron chi connectivity index (χ2n) is 8.08. The molecule has 1 saturated heterocycles. The van der Waals surface area contributed by atoms with Crippen molar-refractivity contribution in [3.63, 3.8) is 0 Å². The van der Waals surface area contributed by atoms with Crippen LogP contribution in [0.25, 0.3) is 0 Å². The average molecular weight is 354 g/mol. The molecular formula is C25H39N. The summed E-state index contributed by atoms with van der Waals surface area (Å²) in [5, 5.41) is 3.59. The van der Waals surface area contributed by atoms with Crippen LogP contribution in [0.4, 0.5) is 0 Å². The highest BCUT2D eigenvalue weighted by molar-refractivity contribution is 5.55. The largest absolute Gasteiger partial charge is 0.314 e. The molecule has 2 aliphatic rings. The molecule has 1 aliphatic carbocycles. The fraction of sp³-hybridized carbons (Fsp3) is 0.600. The molecule has 1 fully saturated rings. The summed E-state index contributed by atoms with van der Waals surface area (Å²) in [6.07, 6.45) is 20.2. The standard InChI is InChI=1S/C25H39N/c1-6-19(4)17-21(7-2)25(22(8-3)18-24-15-16-26-24)23-13-9-11-20(5)12-10-14-23/h8-9,11,13-14,19,24,26H,6-7,10,12,15-18H2,1-5H3/b13-9?,20-11?,22-8-,23-14?,25-21+. The first-order valence-electron chi connectivity index (χ1n) is 10.7. The van der Waals surface area contributed by atoms with E-state index in [1.54, 1.807) is 16.7 Å². The van der Waals surface area contributed by atoms with Gasteiger partial charge in [-0.25, -0.2) is 0 Å². The fourth-order valence-corrected chi connectivity index (χ4v) is 3.87. The van der Waals surface area contributed by atoms with Crippen molar-refractivity contribution in [1.82, 2.24) is 5.32 Å². The van der Waals surface area contributed by atoms with Crippen molar-refractivity contribution in [3.8, 4) is 0 Å². The van der Waals surface area contributed by atoms with Crippen molar-refractivity contribution in [2.24, 2.45) is 5.92 Å². The van der Waals surface area contributed by atoms with Gasteiger partial charge in [-0.1, -0.05) is 68.7 Å². The maximum absolute atomic E-state index is 3.59. The van der Waals surface area contributed by atoms with Crippen molar-refractivity contribution >= 4 is 0 Å². The molecule has 2 rings (SSSR count). The highest BCUT2D eigenvalue weighted by Crippen LogP contribution is 2.34. The van der Waals surface area contributed by atoms with Crippen LogP contribution in [0, 0.1) is 5.92 Å². The maximum Gasteiger partial charge on any atom is 0.0120 e. The molecule has 0 aromatic carbocycles. The Bertz CT molecular complexity index is 608. The number of nitrogens with one attached hydrogen (secondary N) is 1. The summed E-state index contributed by atoms with van der Waals surface area (Å²) in [6.45, 7) is 12.7. The van der Waals surface area contributed by atoms with Crippen molar-refractivity contribution in [2.75, 3.05) is 6.54 Å². The highest BCUT2D eigenvalue weighted by Gasteiger charge is 2.22. The van der Waals surface area contributed by atoms with Crippen LogP contribution in [0.5, 0.6) is 0 Å². The SMILES string of the molecule is C/C=C(CC1CCN1)\C(C1=CCCC(C)=CC=C1)=C(\CC)CC(C)CC. The summed E-state index contributed by atoms with van der Waals surface area (Å²) in [7, 11) is 0. The van der Waals surface area contributed by atoms with Crippen LogP contribution in [0.2, 0.25) is 0 Å². The molecule has 0 amide bonds. The zero-order chi connectivity index (χ0) is 18.9. The van der Waals surface area contributed by atoms with Gasteiger partial charge in [0.25, 0.3) is 0 Å². The third-order valence-electron chi connectivity index (χ3n) is 5.98. The Labute approximate surface area is 162 Å². The topological polar surface area (TPSA) is 12.0 Å². The van der Waals surface area contributed by atoms with Gasteiger partial charge < -0.3 is 5.32 Å². The van der Waals surface area contributed by atoms with E-state index in [-0.39, 0.29) is 0 Å². The summed E-state index contributed by atoms with van der Waals surface area (Å²) in [5.74, 6) is 0.750. The Morgan fingerprint density at radius 3 is 2.69 bits per heavy atom. The van der Waals surface area contributed by atoms with Crippen LogP contribution < -0.4 is 5.32 Å². The normalized spacial score (nSPS) is 23.3. The molecule has 1 N–H and O–H groups in total. The molecule has 1 nitrogen and oxygen atoms in total. The van der Waals surface area contributed by atoms with Gasteiger partial charge in [0.15, 0.2) is 0 Å². The summed E-state index contributed by atoms with van der Waals surface area (Å²) in [4.78, 5) is 0. The quantitative estimate of drug-likeness (QED) is 0.461. The van der Waals surface area contributed by atoms with Gasteiger partial charge in [-0.15, -0.1) is 0 Å². The summed E-state index contributed by atoms with van der Waals surface area (Å²) in [5.41, 5.74) is 7.65. The highest BCUT2D eigenvalue weighted by atomic mass is 15.0. The van der Waals surface area contributed by atoms with Gasteiger partial charge in [0.2, 0.25) is 0 Å². The third kappa shape index (κ3) is 5.84. The first-order valence-corrected chi connectivity index (χ1v) is 10.7. The van der Waals surface area contributed by atoms with Crippen molar-refractivity contribution in [2.45, 2.75) is 85.6 Å². The third-order valence-corrected chi connectivity index (χ3v) is 5.98. The van der Waals surface area contributed by atoms with E-state index in [0.717, 1.165) is 25.2 Å². The fourth-order valence-electron chi connectivity index (χ4n) is 3.87. The summed E-state index contributed by atoms with van der Waals surface area (Å²) >= 11 is 0. The van der Waals surface area contributed by atoms with E-state index in [0.29, 0.717) is 6.04 Å². The molecule has 0 aromatic heterocycles. The van der Waals surface area contributed by atoms with E-state index in [4.69, 9.17) is 0 Å². The Morgan fingerprint density at radius 1 is 1.35 bits per heavy atom. The predicted octanol–water partition coefficient (Wildman–Crippen LogP) is 7.05. The number of rotatable bonds is 8. The lowest BCUT2D eigenvalue weighted by Gasteiger charge is -2.30. The molecule has 2 atom stereocenters. The lowest BCUT2D eigenvalue weighted by atomic mass is 9.82. The van der Waals surface area contributed by atoms with Gasteiger partial charge in [-0.2, -0.15) is 0 Å². The Kier molecular flexibility index (Phi) is 8.65. The molecule has 0 saturated carbocycles. The Balaban J connectivity index is 2.43. The van der Waals surface area contributed by atoms with Gasteiger partial charge in [0.05, 0.1) is 0 Å². The van der Waals surface area contributed by atoms with E-state index in [1.807, 2.05) is 0 Å². The van der Waals surface area contributed by atoms with Gasteiger partial charge in [-0.3, -0.25) is 0 Å². The minimum absolute atomic E-state index is 0.665. The molecule has 1 aliphatic heterocycles. The van der Waals surface area contributed by atoms with Crippen LogP contribution in [0.15, 0.2) is 58.2 Å².